The van der Waals surface area contributed by atoms with Gasteiger partial charge in [-0.1, -0.05) is 25.8 Å². The van der Waals surface area contributed by atoms with Crippen molar-refractivity contribution in [1.29, 1.82) is 1.43 Å². The number of allylic oxidation sites excluding steroid dienone is 1. The fraction of sp³-hybridized carbons (Fsp3) is 0.889. The van der Waals surface area contributed by atoms with Gasteiger partial charge < -0.3 is 10.2 Å². The van der Waals surface area contributed by atoms with Crippen molar-refractivity contribution in [3.63, 3.8) is 0 Å². The molecule has 0 amide bonds. The van der Waals surface area contributed by atoms with Crippen LogP contribution in [0.2, 0.25) is 0 Å². The lowest BCUT2D eigenvalue weighted by Gasteiger charge is -2.48. The van der Waals surface area contributed by atoms with Crippen LogP contribution in [0, 0.1) is 11.3 Å². The van der Waals surface area contributed by atoms with Gasteiger partial charge in [0.25, 0.3) is 0 Å². The molecule has 2 nitrogen and oxygen atoms in total. The first-order chi connectivity index (χ1) is 10.6. The van der Waals surface area contributed by atoms with E-state index in [0.717, 1.165) is 44.1 Å². The SMILES string of the molecule is [2H]OC(C)(C)[C@@H]1CC[C@]2(C)CC([2H])([2H])C(O)C(CCCC)=C2C1. The molecule has 2 heteroatoms. The summed E-state index contributed by atoms with van der Waals surface area (Å²) in [6.45, 7) is 8.19. The molecule has 20 heavy (non-hydrogen) atoms. The van der Waals surface area contributed by atoms with Gasteiger partial charge in [-0.3, -0.25) is 0 Å². The topological polar surface area (TPSA) is 40.5 Å². The van der Waals surface area contributed by atoms with Gasteiger partial charge in [-0.25, -0.2) is 0 Å². The zero-order valence-corrected chi connectivity index (χ0v) is 13.5. The van der Waals surface area contributed by atoms with Crippen LogP contribution in [0.25, 0.3) is 0 Å². The second-order valence-corrected chi connectivity index (χ2v) is 7.49. The van der Waals surface area contributed by atoms with E-state index in [4.69, 9.17) is 9.28 Å². The van der Waals surface area contributed by atoms with Gasteiger partial charge in [0.1, 0.15) is 0 Å². The smallest absolute Gasteiger partial charge is 0.211 e. The molecule has 0 aromatic carbocycles. The van der Waals surface area contributed by atoms with Gasteiger partial charge in [0.2, 0.25) is 1.43 Å². The van der Waals surface area contributed by atoms with Crippen LogP contribution in [0.4, 0.5) is 0 Å². The monoisotopic (exact) mass is 283 g/mol. The minimum Gasteiger partial charge on any atom is -0.390 e. The fourth-order valence-electron chi connectivity index (χ4n) is 3.81. The van der Waals surface area contributed by atoms with Gasteiger partial charge in [-0.05, 0) is 75.7 Å². The second-order valence-electron chi connectivity index (χ2n) is 7.49. The number of aliphatic hydroxyl groups is 2. The summed E-state index contributed by atoms with van der Waals surface area (Å²) in [6.07, 6.45) is 3.30. The van der Waals surface area contributed by atoms with Crippen LogP contribution >= 0.6 is 0 Å². The molecule has 0 bridgehead atoms. The van der Waals surface area contributed by atoms with Crippen molar-refractivity contribution in [2.24, 2.45) is 11.3 Å². The summed E-state index contributed by atoms with van der Waals surface area (Å²) in [4.78, 5) is 0. The Labute approximate surface area is 128 Å². The highest BCUT2D eigenvalue weighted by atomic mass is 16.3. The van der Waals surface area contributed by atoms with Crippen molar-refractivity contribution in [2.45, 2.75) is 90.7 Å². The van der Waals surface area contributed by atoms with Gasteiger partial charge in [-0.15, -0.1) is 0 Å². The molecule has 116 valence electrons. The predicted molar refractivity (Wildman–Crippen MR) is 83.5 cm³/mol. The van der Waals surface area contributed by atoms with Crippen LogP contribution in [0.15, 0.2) is 11.1 Å². The number of unbranched alkanes of at least 4 members (excludes halogenated alkanes) is 1. The Bertz CT molecular complexity index is 473. The lowest BCUT2D eigenvalue weighted by molar-refractivity contribution is -0.00760. The highest BCUT2D eigenvalue weighted by Gasteiger charge is 2.44. The maximum Gasteiger partial charge on any atom is 0.211 e. The summed E-state index contributed by atoms with van der Waals surface area (Å²) in [7, 11) is 0. The highest BCUT2D eigenvalue weighted by molar-refractivity contribution is 5.30. The molecule has 0 heterocycles. The summed E-state index contributed by atoms with van der Waals surface area (Å²) < 4.78 is 23.9. The molecule has 0 spiro atoms. The molecule has 2 rings (SSSR count). The van der Waals surface area contributed by atoms with Crippen LogP contribution in [-0.2, 0) is 0 Å². The lowest BCUT2D eigenvalue weighted by atomic mass is 9.59. The average Bonchev–Trinajstić information content (AvgIpc) is 2.47. The van der Waals surface area contributed by atoms with Gasteiger partial charge in [0.05, 0.1) is 11.7 Å². The van der Waals surface area contributed by atoms with Crippen molar-refractivity contribution < 1.29 is 13.0 Å². The van der Waals surface area contributed by atoms with Crippen molar-refractivity contribution in [1.82, 2.24) is 0 Å². The van der Waals surface area contributed by atoms with Crippen LogP contribution in [0.3, 0.4) is 0 Å². The molecule has 0 saturated heterocycles. The van der Waals surface area contributed by atoms with E-state index in [-0.39, 0.29) is 11.3 Å². The fourth-order valence-corrected chi connectivity index (χ4v) is 3.81. The van der Waals surface area contributed by atoms with E-state index in [0.29, 0.717) is 6.42 Å². The van der Waals surface area contributed by atoms with E-state index in [9.17, 15) is 5.11 Å². The molecule has 2 aliphatic carbocycles. The van der Waals surface area contributed by atoms with E-state index in [1.165, 1.54) is 5.57 Å². The first-order valence-corrected chi connectivity index (χ1v) is 8.12. The Balaban J connectivity index is 2.42. The number of hydrogen-bond acceptors (Lipinski definition) is 2. The largest absolute Gasteiger partial charge is 0.390 e. The Morgan fingerprint density at radius 1 is 1.45 bits per heavy atom. The van der Waals surface area contributed by atoms with E-state index in [1.54, 1.807) is 0 Å². The van der Waals surface area contributed by atoms with Crippen molar-refractivity contribution in [3.05, 3.63) is 11.1 Å². The molecule has 0 aromatic heterocycles. The van der Waals surface area contributed by atoms with Gasteiger partial charge in [-0.2, -0.15) is 0 Å². The van der Waals surface area contributed by atoms with E-state index < -0.39 is 18.1 Å². The molecule has 3 atom stereocenters. The summed E-state index contributed by atoms with van der Waals surface area (Å²) in [5.41, 5.74) is 1.50. The number of aliphatic hydroxyl groups excluding tert-OH is 1. The third-order valence-corrected chi connectivity index (χ3v) is 5.41. The third-order valence-electron chi connectivity index (χ3n) is 5.41. The van der Waals surface area contributed by atoms with E-state index in [1.807, 2.05) is 13.8 Å². The van der Waals surface area contributed by atoms with Gasteiger partial charge in [0.15, 0.2) is 0 Å². The quantitative estimate of drug-likeness (QED) is 0.742. The van der Waals surface area contributed by atoms with Gasteiger partial charge >= 0.3 is 0 Å². The minimum atomic E-state index is -1.55. The predicted octanol–water partition coefficient (Wildman–Crippen LogP) is 4.21. The summed E-state index contributed by atoms with van der Waals surface area (Å²) >= 11 is 0. The standard InChI is InChI=1S/C18H32O2/c1-5-6-7-14-15-12-13(17(2,3)20)8-10-18(15,4)11-9-16(14)19/h13,16,19-20H,5-12H2,1-4H3/t13-,16?,18-/m1/s1/i9D2,20D. The molecular weight excluding hydrogens is 248 g/mol. The maximum absolute atomic E-state index is 10.6. The molecule has 0 radical (unpaired) electrons. The van der Waals surface area contributed by atoms with Gasteiger partial charge in [0, 0.05) is 2.74 Å². The highest BCUT2D eigenvalue weighted by Crippen LogP contribution is 2.53. The Kier molecular flexibility index (Phi) is 3.55. The maximum atomic E-state index is 10.6. The van der Waals surface area contributed by atoms with Crippen molar-refractivity contribution in [3.8, 4) is 0 Å². The number of rotatable bonds is 5. The van der Waals surface area contributed by atoms with E-state index >= 15 is 0 Å². The summed E-state index contributed by atoms with van der Waals surface area (Å²) in [6, 6.07) is 0. The minimum absolute atomic E-state index is 0.166. The van der Waals surface area contributed by atoms with Crippen LogP contribution < -0.4 is 0 Å². The molecule has 1 saturated carbocycles. The van der Waals surface area contributed by atoms with Crippen LogP contribution in [0.5, 0.6) is 0 Å². The normalized spacial score (nSPS) is 39.8. The molecule has 2 aliphatic rings. The summed E-state index contributed by atoms with van der Waals surface area (Å²) in [5, 5.41) is 15.6. The molecule has 2 N–H and O–H groups in total. The Hall–Kier alpha value is -0.340. The molecule has 0 aromatic rings. The molecular formula is C18H32O2. The average molecular weight is 283 g/mol. The number of hydrogen-bond donors (Lipinski definition) is 2. The first kappa shape index (κ1) is 12.2. The zero-order chi connectivity index (χ0) is 17.5. The number of fused-ring (bicyclic) bond motifs is 1. The van der Waals surface area contributed by atoms with Crippen LogP contribution in [-0.4, -0.2) is 23.4 Å². The molecule has 1 unspecified atom stereocenters. The molecule has 0 aliphatic heterocycles. The van der Waals surface area contributed by atoms with E-state index in [2.05, 4.69) is 13.8 Å². The Morgan fingerprint density at radius 3 is 2.85 bits per heavy atom. The zero-order valence-electron chi connectivity index (χ0n) is 16.5. The van der Waals surface area contributed by atoms with Crippen molar-refractivity contribution in [2.75, 3.05) is 0 Å². The Morgan fingerprint density at radius 2 is 2.20 bits per heavy atom. The summed E-state index contributed by atoms with van der Waals surface area (Å²) in [5.74, 6) is 0.246. The second kappa shape index (κ2) is 5.81. The lowest BCUT2D eigenvalue weighted by Crippen LogP contribution is -2.41. The van der Waals surface area contributed by atoms with Crippen molar-refractivity contribution >= 4 is 0 Å². The third kappa shape index (κ3) is 3.12. The molecule has 1 fully saturated rings. The first-order valence-electron chi connectivity index (χ1n) is 9.53. The van der Waals surface area contributed by atoms with Crippen LogP contribution in [0.1, 0.15) is 81.8 Å².